The number of nitrogens with one attached hydrogen (secondary N) is 1. The number of anilines is 1. The van der Waals surface area contributed by atoms with Crippen LogP contribution < -0.4 is 10.1 Å². The fraction of sp³-hybridized carbons (Fsp3) is 0.154. The number of carbonyl (C=O) groups excluding carboxylic acids is 2. The molecule has 98 valence electrons. The highest BCUT2D eigenvalue weighted by atomic mass is 32.1. The zero-order valence-corrected chi connectivity index (χ0v) is 11.3. The number of ketones is 1. The van der Waals surface area contributed by atoms with E-state index in [1.807, 2.05) is 0 Å². The number of thiazole rings is 1. The number of Topliss-reactive ketones (excluding diaryl/α,β-unsaturated/α-hetero) is 1. The molecule has 1 N–H and O–H groups in total. The van der Waals surface area contributed by atoms with Crippen LogP contribution in [0.2, 0.25) is 0 Å². The van der Waals surface area contributed by atoms with Crippen molar-refractivity contribution >= 4 is 28.2 Å². The Morgan fingerprint density at radius 2 is 1.95 bits per heavy atom. The van der Waals surface area contributed by atoms with Gasteiger partial charge in [-0.1, -0.05) is 0 Å². The van der Waals surface area contributed by atoms with Gasteiger partial charge in [-0.15, -0.1) is 11.3 Å². The highest BCUT2D eigenvalue weighted by molar-refractivity contribution is 7.14. The molecule has 0 atom stereocenters. The van der Waals surface area contributed by atoms with Crippen LogP contribution in [-0.4, -0.2) is 23.8 Å². The summed E-state index contributed by atoms with van der Waals surface area (Å²) < 4.78 is 5.02. The Kier molecular flexibility index (Phi) is 3.91. The number of nitrogens with zero attached hydrogens (tertiary/aromatic N) is 1. The lowest BCUT2D eigenvalue weighted by molar-refractivity contribution is 0.100. The van der Waals surface area contributed by atoms with E-state index >= 15 is 0 Å². The first-order valence-corrected chi connectivity index (χ1v) is 6.40. The molecule has 0 fully saturated rings. The van der Waals surface area contributed by atoms with Crippen LogP contribution >= 0.6 is 11.3 Å². The van der Waals surface area contributed by atoms with Crippen LogP contribution in [0.1, 0.15) is 27.8 Å². The van der Waals surface area contributed by atoms with Gasteiger partial charge in [0.1, 0.15) is 11.4 Å². The van der Waals surface area contributed by atoms with Gasteiger partial charge in [0.2, 0.25) is 0 Å². The predicted octanol–water partition coefficient (Wildman–Crippen LogP) is 2.61. The molecule has 0 radical (unpaired) electrons. The van der Waals surface area contributed by atoms with Crippen molar-refractivity contribution < 1.29 is 14.3 Å². The van der Waals surface area contributed by atoms with Crippen molar-refractivity contribution in [2.45, 2.75) is 6.92 Å². The molecule has 0 aliphatic carbocycles. The van der Waals surface area contributed by atoms with Crippen LogP contribution in [0.25, 0.3) is 0 Å². The van der Waals surface area contributed by atoms with E-state index < -0.39 is 0 Å². The van der Waals surface area contributed by atoms with Gasteiger partial charge in [0.25, 0.3) is 5.91 Å². The molecule has 0 aliphatic rings. The van der Waals surface area contributed by atoms with E-state index in [4.69, 9.17) is 4.74 Å². The van der Waals surface area contributed by atoms with Crippen molar-refractivity contribution in [2.75, 3.05) is 12.4 Å². The highest BCUT2D eigenvalue weighted by Gasteiger charge is 2.10. The Labute approximate surface area is 114 Å². The molecule has 0 bridgehead atoms. The number of amides is 1. The van der Waals surface area contributed by atoms with Crippen molar-refractivity contribution in [3.05, 3.63) is 40.9 Å². The second kappa shape index (κ2) is 5.62. The third-order valence-electron chi connectivity index (χ3n) is 2.44. The maximum Gasteiger partial charge on any atom is 0.257 e. The summed E-state index contributed by atoms with van der Waals surface area (Å²) in [6, 6.07) is 6.73. The second-order valence-electron chi connectivity index (χ2n) is 3.78. The Balaban J connectivity index is 2.08. The van der Waals surface area contributed by atoms with Crippen LogP contribution in [0.3, 0.4) is 0 Å². The van der Waals surface area contributed by atoms with Gasteiger partial charge in [-0.2, -0.15) is 0 Å². The van der Waals surface area contributed by atoms with Gasteiger partial charge in [-0.25, -0.2) is 4.98 Å². The summed E-state index contributed by atoms with van der Waals surface area (Å²) in [7, 11) is 1.56. The highest BCUT2D eigenvalue weighted by Crippen LogP contribution is 2.17. The quantitative estimate of drug-likeness (QED) is 0.871. The lowest BCUT2D eigenvalue weighted by atomic mass is 10.2. The van der Waals surface area contributed by atoms with Crippen molar-refractivity contribution in [1.82, 2.24) is 4.98 Å². The fourth-order valence-electron chi connectivity index (χ4n) is 1.40. The van der Waals surface area contributed by atoms with Crippen molar-refractivity contribution in [1.29, 1.82) is 0 Å². The summed E-state index contributed by atoms with van der Waals surface area (Å²) in [6.45, 7) is 1.43. The third-order valence-corrected chi connectivity index (χ3v) is 3.20. The Morgan fingerprint density at radius 1 is 1.26 bits per heavy atom. The number of aromatic nitrogens is 1. The minimum Gasteiger partial charge on any atom is -0.497 e. The van der Waals surface area contributed by atoms with E-state index in [-0.39, 0.29) is 11.7 Å². The molecule has 0 aliphatic heterocycles. The summed E-state index contributed by atoms with van der Waals surface area (Å²) in [6.07, 6.45) is 0. The summed E-state index contributed by atoms with van der Waals surface area (Å²) in [5.41, 5.74) is 0.857. The number of benzene rings is 1. The summed E-state index contributed by atoms with van der Waals surface area (Å²) in [5, 5.41) is 4.67. The molecule has 0 spiro atoms. The lowest BCUT2D eigenvalue weighted by Gasteiger charge is -2.03. The van der Waals surface area contributed by atoms with E-state index in [1.165, 1.54) is 18.3 Å². The van der Waals surface area contributed by atoms with E-state index in [1.54, 1.807) is 36.8 Å². The van der Waals surface area contributed by atoms with E-state index in [9.17, 15) is 9.59 Å². The number of methoxy groups -OCH3 is 1. The lowest BCUT2D eigenvalue weighted by Crippen LogP contribution is -2.11. The Morgan fingerprint density at radius 3 is 2.47 bits per heavy atom. The maximum absolute atomic E-state index is 11.9. The van der Waals surface area contributed by atoms with Crippen LogP contribution in [0.15, 0.2) is 29.6 Å². The first-order valence-electron chi connectivity index (χ1n) is 5.52. The summed E-state index contributed by atoms with van der Waals surface area (Å²) in [5.74, 6) is 0.290. The number of hydrogen-bond acceptors (Lipinski definition) is 5. The first kappa shape index (κ1) is 13.2. The standard InChI is InChI=1S/C13H12N2O3S/c1-8(16)11-7-19-13(14-11)15-12(17)9-3-5-10(18-2)6-4-9/h3-7H,1-2H3,(H,14,15,17). The van der Waals surface area contributed by atoms with E-state index in [0.29, 0.717) is 22.1 Å². The molecule has 2 aromatic rings. The van der Waals surface area contributed by atoms with Crippen molar-refractivity contribution in [3.8, 4) is 5.75 Å². The average molecular weight is 276 g/mol. The van der Waals surface area contributed by atoms with E-state index in [0.717, 1.165) is 0 Å². The van der Waals surface area contributed by atoms with Crippen LogP contribution in [-0.2, 0) is 0 Å². The van der Waals surface area contributed by atoms with Crippen molar-refractivity contribution in [3.63, 3.8) is 0 Å². The summed E-state index contributed by atoms with van der Waals surface area (Å²) >= 11 is 1.22. The number of hydrogen-bond donors (Lipinski definition) is 1. The van der Waals surface area contributed by atoms with Gasteiger partial charge in [0.15, 0.2) is 10.9 Å². The zero-order chi connectivity index (χ0) is 13.8. The molecule has 0 saturated carbocycles. The first-order chi connectivity index (χ1) is 9.10. The molecule has 1 aromatic carbocycles. The molecule has 2 rings (SSSR count). The molecule has 1 aromatic heterocycles. The SMILES string of the molecule is COc1ccc(C(=O)Nc2nc(C(C)=O)cs2)cc1. The number of rotatable bonds is 4. The van der Waals surface area contributed by atoms with Crippen LogP contribution in [0, 0.1) is 0 Å². The van der Waals surface area contributed by atoms with Crippen LogP contribution in [0.4, 0.5) is 5.13 Å². The Hall–Kier alpha value is -2.21. The van der Waals surface area contributed by atoms with Gasteiger partial charge >= 0.3 is 0 Å². The molecule has 1 amide bonds. The molecule has 1 heterocycles. The average Bonchev–Trinajstić information content (AvgIpc) is 2.87. The van der Waals surface area contributed by atoms with Gasteiger partial charge in [0.05, 0.1) is 7.11 Å². The number of ether oxygens (including phenoxy) is 1. The largest absolute Gasteiger partial charge is 0.497 e. The minimum absolute atomic E-state index is 0.124. The molecule has 0 saturated heterocycles. The van der Waals surface area contributed by atoms with Crippen molar-refractivity contribution in [2.24, 2.45) is 0 Å². The molecular formula is C13H12N2O3S. The van der Waals surface area contributed by atoms with Gasteiger partial charge in [-0.05, 0) is 24.3 Å². The van der Waals surface area contributed by atoms with E-state index in [2.05, 4.69) is 10.3 Å². The predicted molar refractivity (Wildman–Crippen MR) is 73.1 cm³/mol. The fourth-order valence-corrected chi connectivity index (χ4v) is 2.15. The topological polar surface area (TPSA) is 68.3 Å². The molecule has 0 unspecified atom stereocenters. The third kappa shape index (κ3) is 3.17. The zero-order valence-electron chi connectivity index (χ0n) is 10.5. The normalized spacial score (nSPS) is 10.0. The number of carbonyl (C=O) groups is 2. The molecule has 5 nitrogen and oxygen atoms in total. The second-order valence-corrected chi connectivity index (χ2v) is 4.63. The van der Waals surface area contributed by atoms with Gasteiger partial charge < -0.3 is 4.74 Å². The summed E-state index contributed by atoms with van der Waals surface area (Å²) in [4.78, 5) is 27.0. The smallest absolute Gasteiger partial charge is 0.257 e. The molecule has 19 heavy (non-hydrogen) atoms. The molecule has 6 heteroatoms. The van der Waals surface area contributed by atoms with Gasteiger partial charge in [0, 0.05) is 17.9 Å². The minimum atomic E-state index is -0.271. The van der Waals surface area contributed by atoms with Gasteiger partial charge in [-0.3, -0.25) is 14.9 Å². The maximum atomic E-state index is 11.9. The Bertz CT molecular complexity index is 605. The monoisotopic (exact) mass is 276 g/mol. The van der Waals surface area contributed by atoms with Crippen LogP contribution in [0.5, 0.6) is 5.75 Å². The molecular weight excluding hydrogens is 264 g/mol.